The SMILES string of the molecule is COc1ccc(C(CN)N2CC(C)C(N(C)C)C2)cc1. The molecule has 4 nitrogen and oxygen atoms in total. The van der Waals surface area contributed by atoms with Crippen LogP contribution in [0.5, 0.6) is 5.75 Å². The summed E-state index contributed by atoms with van der Waals surface area (Å²) in [4.78, 5) is 4.84. The second-order valence-electron chi connectivity index (χ2n) is 5.99. The summed E-state index contributed by atoms with van der Waals surface area (Å²) in [6.45, 7) is 5.17. The molecule has 0 amide bonds. The monoisotopic (exact) mass is 277 g/mol. The minimum atomic E-state index is 0.299. The van der Waals surface area contributed by atoms with E-state index in [9.17, 15) is 0 Å². The molecule has 2 N–H and O–H groups in total. The van der Waals surface area contributed by atoms with Gasteiger partial charge in [0.25, 0.3) is 0 Å². The molecule has 2 rings (SSSR count). The summed E-state index contributed by atoms with van der Waals surface area (Å²) >= 11 is 0. The first kappa shape index (κ1) is 15.3. The number of rotatable bonds is 5. The number of methoxy groups -OCH3 is 1. The summed E-state index contributed by atoms with van der Waals surface area (Å²) < 4.78 is 5.22. The number of nitrogens with zero attached hydrogens (tertiary/aromatic N) is 2. The van der Waals surface area contributed by atoms with Gasteiger partial charge < -0.3 is 15.4 Å². The van der Waals surface area contributed by atoms with E-state index in [4.69, 9.17) is 10.5 Å². The van der Waals surface area contributed by atoms with E-state index >= 15 is 0 Å². The fourth-order valence-electron chi connectivity index (χ4n) is 3.24. The average Bonchev–Trinajstić information content (AvgIpc) is 2.82. The van der Waals surface area contributed by atoms with E-state index in [0.29, 0.717) is 24.5 Å². The molecule has 1 aromatic carbocycles. The van der Waals surface area contributed by atoms with Gasteiger partial charge in [0.1, 0.15) is 5.75 Å². The van der Waals surface area contributed by atoms with Crippen LogP contribution in [0.4, 0.5) is 0 Å². The van der Waals surface area contributed by atoms with Crippen LogP contribution in [0.2, 0.25) is 0 Å². The number of hydrogen-bond acceptors (Lipinski definition) is 4. The van der Waals surface area contributed by atoms with Gasteiger partial charge in [-0.2, -0.15) is 0 Å². The van der Waals surface area contributed by atoms with Crippen molar-refractivity contribution in [2.24, 2.45) is 11.7 Å². The summed E-state index contributed by atoms with van der Waals surface area (Å²) in [5, 5.41) is 0. The summed E-state index contributed by atoms with van der Waals surface area (Å²) in [6.07, 6.45) is 0. The first-order valence-electron chi connectivity index (χ1n) is 7.31. The number of hydrogen-bond donors (Lipinski definition) is 1. The van der Waals surface area contributed by atoms with Gasteiger partial charge in [0.05, 0.1) is 7.11 Å². The van der Waals surface area contributed by atoms with E-state index in [0.717, 1.165) is 18.8 Å². The van der Waals surface area contributed by atoms with Gasteiger partial charge >= 0.3 is 0 Å². The second-order valence-corrected chi connectivity index (χ2v) is 5.99. The summed E-state index contributed by atoms with van der Waals surface area (Å²) in [6, 6.07) is 9.20. The Morgan fingerprint density at radius 2 is 1.95 bits per heavy atom. The molecule has 0 bridgehead atoms. The van der Waals surface area contributed by atoms with E-state index in [1.165, 1.54) is 5.56 Å². The molecule has 0 aromatic heterocycles. The van der Waals surface area contributed by atoms with E-state index < -0.39 is 0 Å². The third kappa shape index (κ3) is 3.14. The van der Waals surface area contributed by atoms with Crippen molar-refractivity contribution in [1.29, 1.82) is 0 Å². The Balaban J connectivity index is 2.12. The van der Waals surface area contributed by atoms with Crippen LogP contribution in [0.1, 0.15) is 18.5 Å². The largest absolute Gasteiger partial charge is 0.497 e. The number of nitrogens with two attached hydrogens (primary N) is 1. The zero-order valence-corrected chi connectivity index (χ0v) is 13.0. The molecule has 0 aliphatic carbocycles. The lowest BCUT2D eigenvalue weighted by atomic mass is 10.1. The maximum atomic E-state index is 6.04. The maximum absolute atomic E-state index is 6.04. The van der Waals surface area contributed by atoms with Crippen LogP contribution < -0.4 is 10.5 Å². The van der Waals surface area contributed by atoms with Gasteiger partial charge in [0.2, 0.25) is 0 Å². The van der Waals surface area contributed by atoms with Crippen molar-refractivity contribution in [3.8, 4) is 5.75 Å². The van der Waals surface area contributed by atoms with Gasteiger partial charge in [-0.3, -0.25) is 4.90 Å². The van der Waals surface area contributed by atoms with Gasteiger partial charge in [0, 0.05) is 31.7 Å². The predicted molar refractivity (Wildman–Crippen MR) is 83.0 cm³/mol. The van der Waals surface area contributed by atoms with Crippen molar-refractivity contribution in [2.45, 2.75) is 19.0 Å². The van der Waals surface area contributed by atoms with Crippen LogP contribution >= 0.6 is 0 Å². The van der Waals surface area contributed by atoms with Crippen LogP contribution in [-0.2, 0) is 0 Å². The molecule has 1 heterocycles. The van der Waals surface area contributed by atoms with Crippen molar-refractivity contribution in [3.63, 3.8) is 0 Å². The van der Waals surface area contributed by atoms with Crippen molar-refractivity contribution in [3.05, 3.63) is 29.8 Å². The van der Waals surface area contributed by atoms with Crippen LogP contribution in [0.25, 0.3) is 0 Å². The molecule has 0 spiro atoms. The molecular formula is C16H27N3O. The lowest BCUT2D eigenvalue weighted by Gasteiger charge is -2.28. The minimum absolute atomic E-state index is 0.299. The lowest BCUT2D eigenvalue weighted by Crippen LogP contribution is -2.36. The second kappa shape index (κ2) is 6.57. The predicted octanol–water partition coefficient (Wildman–Crippen LogP) is 1.58. The molecule has 1 fully saturated rings. The molecule has 3 unspecified atom stereocenters. The van der Waals surface area contributed by atoms with Crippen LogP contribution in [0.15, 0.2) is 24.3 Å². The third-order valence-corrected chi connectivity index (χ3v) is 4.43. The van der Waals surface area contributed by atoms with E-state index in [1.54, 1.807) is 7.11 Å². The minimum Gasteiger partial charge on any atom is -0.497 e. The van der Waals surface area contributed by atoms with E-state index in [-0.39, 0.29) is 0 Å². The van der Waals surface area contributed by atoms with Crippen molar-refractivity contribution < 1.29 is 4.74 Å². The van der Waals surface area contributed by atoms with Gasteiger partial charge in [-0.05, 0) is 37.7 Å². The summed E-state index contributed by atoms with van der Waals surface area (Å²) in [5.74, 6) is 1.57. The highest BCUT2D eigenvalue weighted by atomic mass is 16.5. The summed E-state index contributed by atoms with van der Waals surface area (Å²) in [7, 11) is 6.02. The Labute approximate surface area is 122 Å². The Morgan fingerprint density at radius 1 is 1.30 bits per heavy atom. The van der Waals surface area contributed by atoms with Crippen LogP contribution in [0.3, 0.4) is 0 Å². The number of benzene rings is 1. The fraction of sp³-hybridized carbons (Fsp3) is 0.625. The van der Waals surface area contributed by atoms with Crippen LogP contribution in [-0.4, -0.2) is 56.7 Å². The highest BCUT2D eigenvalue weighted by Gasteiger charge is 2.34. The van der Waals surface area contributed by atoms with Gasteiger partial charge in [0.15, 0.2) is 0 Å². The van der Waals surface area contributed by atoms with Crippen molar-refractivity contribution >= 4 is 0 Å². The Kier molecular flexibility index (Phi) is 5.02. The molecular weight excluding hydrogens is 250 g/mol. The Bertz CT molecular complexity index is 418. The zero-order valence-electron chi connectivity index (χ0n) is 13.0. The molecule has 1 aliphatic rings. The number of likely N-dealkylation sites (tertiary alicyclic amines) is 1. The van der Waals surface area contributed by atoms with Gasteiger partial charge in [-0.1, -0.05) is 19.1 Å². The maximum Gasteiger partial charge on any atom is 0.118 e. The first-order chi connectivity index (χ1) is 9.56. The molecule has 1 aromatic rings. The molecule has 0 saturated carbocycles. The highest BCUT2D eigenvalue weighted by Crippen LogP contribution is 2.29. The van der Waals surface area contributed by atoms with Gasteiger partial charge in [-0.25, -0.2) is 0 Å². The van der Waals surface area contributed by atoms with Crippen LogP contribution in [0, 0.1) is 5.92 Å². The van der Waals surface area contributed by atoms with Crippen molar-refractivity contribution in [2.75, 3.05) is 40.8 Å². The van der Waals surface area contributed by atoms with Gasteiger partial charge in [-0.15, -0.1) is 0 Å². The molecule has 1 saturated heterocycles. The normalized spacial score (nSPS) is 25.1. The average molecular weight is 277 g/mol. The number of ether oxygens (including phenoxy) is 1. The van der Waals surface area contributed by atoms with E-state index in [1.807, 2.05) is 12.1 Å². The topological polar surface area (TPSA) is 41.7 Å². The molecule has 112 valence electrons. The Morgan fingerprint density at radius 3 is 2.40 bits per heavy atom. The third-order valence-electron chi connectivity index (χ3n) is 4.43. The fourth-order valence-corrected chi connectivity index (χ4v) is 3.24. The summed E-state index contributed by atoms with van der Waals surface area (Å²) in [5.41, 5.74) is 7.31. The standard InChI is InChI=1S/C16H27N3O/c1-12-10-19(11-16(12)18(2)3)15(9-17)13-5-7-14(20-4)8-6-13/h5-8,12,15-16H,9-11,17H2,1-4H3. The quantitative estimate of drug-likeness (QED) is 0.887. The molecule has 0 radical (unpaired) electrons. The lowest BCUT2D eigenvalue weighted by molar-refractivity contribution is 0.219. The number of likely N-dealkylation sites (N-methyl/N-ethyl adjacent to an activating group) is 1. The Hall–Kier alpha value is -1.10. The zero-order chi connectivity index (χ0) is 14.7. The molecule has 3 atom stereocenters. The highest BCUT2D eigenvalue weighted by molar-refractivity contribution is 5.29. The molecule has 1 aliphatic heterocycles. The van der Waals surface area contributed by atoms with Crippen molar-refractivity contribution in [1.82, 2.24) is 9.80 Å². The first-order valence-corrected chi connectivity index (χ1v) is 7.31. The van der Waals surface area contributed by atoms with E-state index in [2.05, 4.69) is 43.0 Å². The molecule has 20 heavy (non-hydrogen) atoms. The molecule has 4 heteroatoms. The smallest absolute Gasteiger partial charge is 0.118 e.